The largest absolute Gasteiger partial charge is 0.311 e. The van der Waals surface area contributed by atoms with Crippen molar-refractivity contribution < 1.29 is 4.39 Å². The third-order valence-electron chi connectivity index (χ3n) is 4.63. The van der Waals surface area contributed by atoms with E-state index >= 15 is 0 Å². The summed E-state index contributed by atoms with van der Waals surface area (Å²) in [6.07, 6.45) is 3.81. The van der Waals surface area contributed by atoms with Crippen molar-refractivity contribution in [3.63, 3.8) is 0 Å². The summed E-state index contributed by atoms with van der Waals surface area (Å²) in [6, 6.07) is 6.23. The van der Waals surface area contributed by atoms with E-state index in [1.54, 1.807) is 6.07 Å². The Labute approximate surface area is 125 Å². The van der Waals surface area contributed by atoms with Crippen LogP contribution >= 0.6 is 11.6 Å². The van der Waals surface area contributed by atoms with Gasteiger partial charge < -0.3 is 5.32 Å². The van der Waals surface area contributed by atoms with Crippen molar-refractivity contribution in [3.05, 3.63) is 34.6 Å². The van der Waals surface area contributed by atoms with Crippen molar-refractivity contribution in [2.45, 2.75) is 44.8 Å². The molecule has 2 atom stereocenters. The van der Waals surface area contributed by atoms with Gasteiger partial charge in [-0.15, -0.1) is 0 Å². The highest BCUT2D eigenvalue weighted by Crippen LogP contribution is 2.35. The summed E-state index contributed by atoms with van der Waals surface area (Å²) in [5.41, 5.74) is 0.904. The van der Waals surface area contributed by atoms with Crippen LogP contribution in [-0.4, -0.2) is 30.1 Å². The average molecular weight is 297 g/mol. The molecule has 0 radical (unpaired) electrons. The number of piperazine rings is 1. The summed E-state index contributed by atoms with van der Waals surface area (Å²) in [7, 11) is 0. The van der Waals surface area contributed by atoms with Crippen molar-refractivity contribution >= 4 is 11.6 Å². The second-order valence-corrected chi connectivity index (χ2v) is 6.43. The molecule has 3 rings (SSSR count). The molecule has 1 heterocycles. The van der Waals surface area contributed by atoms with Gasteiger partial charge in [0.1, 0.15) is 5.82 Å². The van der Waals surface area contributed by atoms with Crippen LogP contribution in [0.1, 0.15) is 31.7 Å². The Morgan fingerprint density at radius 2 is 2.20 bits per heavy atom. The molecule has 4 heteroatoms. The van der Waals surface area contributed by atoms with Gasteiger partial charge in [0.15, 0.2) is 0 Å². The molecule has 1 N–H and O–H groups in total. The number of benzene rings is 1. The molecule has 1 aliphatic heterocycles. The lowest BCUT2D eigenvalue weighted by Crippen LogP contribution is -2.56. The SMILES string of the molecule is CCC1CNC(C2CC2)CN1Cc1cccc(F)c1Cl. The van der Waals surface area contributed by atoms with E-state index in [-0.39, 0.29) is 10.8 Å². The molecule has 2 unspecified atom stereocenters. The number of nitrogens with zero attached hydrogens (tertiary/aromatic N) is 1. The topological polar surface area (TPSA) is 15.3 Å². The lowest BCUT2D eigenvalue weighted by atomic mass is 10.0. The number of hydrogen-bond acceptors (Lipinski definition) is 2. The molecule has 2 fully saturated rings. The second kappa shape index (κ2) is 6.00. The first-order valence-corrected chi connectivity index (χ1v) is 7.97. The van der Waals surface area contributed by atoms with Crippen LogP contribution in [0.4, 0.5) is 4.39 Å². The van der Waals surface area contributed by atoms with E-state index in [4.69, 9.17) is 11.6 Å². The molecule has 0 amide bonds. The van der Waals surface area contributed by atoms with Crippen LogP contribution in [0.15, 0.2) is 18.2 Å². The highest BCUT2D eigenvalue weighted by molar-refractivity contribution is 6.31. The first kappa shape index (κ1) is 14.3. The number of rotatable bonds is 4. The van der Waals surface area contributed by atoms with Crippen molar-refractivity contribution in [2.75, 3.05) is 13.1 Å². The predicted molar refractivity (Wildman–Crippen MR) is 80.4 cm³/mol. The summed E-state index contributed by atoms with van der Waals surface area (Å²) < 4.78 is 13.6. The van der Waals surface area contributed by atoms with Crippen LogP contribution in [-0.2, 0) is 6.54 Å². The Morgan fingerprint density at radius 1 is 1.40 bits per heavy atom. The Kier molecular flexibility index (Phi) is 4.29. The lowest BCUT2D eigenvalue weighted by Gasteiger charge is -2.40. The third-order valence-corrected chi connectivity index (χ3v) is 5.05. The van der Waals surface area contributed by atoms with E-state index in [0.717, 1.165) is 37.5 Å². The van der Waals surface area contributed by atoms with E-state index in [0.29, 0.717) is 12.1 Å². The smallest absolute Gasteiger partial charge is 0.142 e. The van der Waals surface area contributed by atoms with Crippen molar-refractivity contribution in [2.24, 2.45) is 5.92 Å². The zero-order valence-electron chi connectivity index (χ0n) is 11.9. The van der Waals surface area contributed by atoms with Gasteiger partial charge in [-0.25, -0.2) is 4.39 Å². The molecule has 1 aromatic rings. The molecular weight excluding hydrogens is 275 g/mol. The van der Waals surface area contributed by atoms with Gasteiger partial charge in [0, 0.05) is 31.7 Å². The van der Waals surface area contributed by atoms with Gasteiger partial charge in [0.25, 0.3) is 0 Å². The van der Waals surface area contributed by atoms with Gasteiger partial charge in [-0.2, -0.15) is 0 Å². The molecule has 0 aromatic heterocycles. The van der Waals surface area contributed by atoms with Gasteiger partial charge in [-0.3, -0.25) is 4.90 Å². The molecule has 1 saturated heterocycles. The van der Waals surface area contributed by atoms with Crippen molar-refractivity contribution in [3.8, 4) is 0 Å². The molecular formula is C16H22ClFN2. The van der Waals surface area contributed by atoms with Gasteiger partial charge in [-0.1, -0.05) is 30.7 Å². The Hall–Kier alpha value is -0.640. The van der Waals surface area contributed by atoms with Crippen LogP contribution in [0, 0.1) is 11.7 Å². The van der Waals surface area contributed by atoms with Crippen molar-refractivity contribution in [1.82, 2.24) is 10.2 Å². The number of hydrogen-bond donors (Lipinski definition) is 1. The number of nitrogens with one attached hydrogen (secondary N) is 1. The van der Waals surface area contributed by atoms with Gasteiger partial charge >= 0.3 is 0 Å². The molecule has 2 nitrogen and oxygen atoms in total. The van der Waals surface area contributed by atoms with E-state index in [1.165, 1.54) is 18.9 Å². The molecule has 20 heavy (non-hydrogen) atoms. The summed E-state index contributed by atoms with van der Waals surface area (Å²) >= 11 is 6.10. The van der Waals surface area contributed by atoms with Gasteiger partial charge in [0.05, 0.1) is 5.02 Å². The molecule has 1 aromatic carbocycles. The van der Waals surface area contributed by atoms with E-state index in [1.807, 2.05) is 6.07 Å². The Balaban J connectivity index is 1.73. The van der Waals surface area contributed by atoms with E-state index < -0.39 is 0 Å². The molecule has 0 bridgehead atoms. The van der Waals surface area contributed by atoms with Crippen molar-refractivity contribution in [1.29, 1.82) is 0 Å². The van der Waals surface area contributed by atoms with Gasteiger partial charge in [-0.05, 0) is 36.8 Å². The highest BCUT2D eigenvalue weighted by Gasteiger charge is 2.36. The normalized spacial score (nSPS) is 27.8. The Morgan fingerprint density at radius 3 is 2.90 bits per heavy atom. The zero-order chi connectivity index (χ0) is 14.1. The average Bonchev–Trinajstić information content (AvgIpc) is 3.28. The molecule has 1 aliphatic carbocycles. The van der Waals surface area contributed by atoms with Crippen LogP contribution in [0.3, 0.4) is 0 Å². The fourth-order valence-corrected chi connectivity index (χ4v) is 3.37. The molecule has 110 valence electrons. The fourth-order valence-electron chi connectivity index (χ4n) is 3.18. The summed E-state index contributed by atoms with van der Waals surface area (Å²) in [5.74, 6) is 0.532. The Bertz CT molecular complexity index is 476. The number of halogens is 2. The first-order chi connectivity index (χ1) is 9.69. The molecule has 2 aliphatic rings. The van der Waals surface area contributed by atoms with E-state index in [2.05, 4.69) is 17.1 Å². The highest BCUT2D eigenvalue weighted by atomic mass is 35.5. The van der Waals surface area contributed by atoms with Crippen LogP contribution < -0.4 is 5.32 Å². The first-order valence-electron chi connectivity index (χ1n) is 7.59. The second-order valence-electron chi connectivity index (χ2n) is 6.06. The standard InChI is InChI=1S/C16H22ClFN2/c1-2-13-8-19-15(11-6-7-11)10-20(13)9-12-4-3-5-14(18)16(12)17/h3-5,11,13,15,19H,2,6-10H2,1H3. The zero-order valence-corrected chi connectivity index (χ0v) is 12.7. The van der Waals surface area contributed by atoms with Gasteiger partial charge in [0.2, 0.25) is 0 Å². The maximum atomic E-state index is 13.6. The van der Waals surface area contributed by atoms with Crippen LogP contribution in [0.25, 0.3) is 0 Å². The molecule has 1 saturated carbocycles. The summed E-state index contributed by atoms with van der Waals surface area (Å²) in [5, 5.41) is 3.96. The monoisotopic (exact) mass is 296 g/mol. The summed E-state index contributed by atoms with van der Waals surface area (Å²) in [4.78, 5) is 2.47. The third kappa shape index (κ3) is 3.00. The minimum Gasteiger partial charge on any atom is -0.311 e. The van der Waals surface area contributed by atoms with Crippen LogP contribution in [0.2, 0.25) is 5.02 Å². The molecule has 0 spiro atoms. The fraction of sp³-hybridized carbons (Fsp3) is 0.625. The summed E-state index contributed by atoms with van der Waals surface area (Å²) in [6.45, 7) is 5.05. The minimum atomic E-state index is -0.314. The predicted octanol–water partition coefficient (Wildman–Crippen LogP) is 3.44. The quantitative estimate of drug-likeness (QED) is 0.915. The maximum Gasteiger partial charge on any atom is 0.142 e. The maximum absolute atomic E-state index is 13.6. The lowest BCUT2D eigenvalue weighted by molar-refractivity contribution is 0.111. The van der Waals surface area contributed by atoms with E-state index in [9.17, 15) is 4.39 Å². The minimum absolute atomic E-state index is 0.281. The van der Waals surface area contributed by atoms with Crippen LogP contribution in [0.5, 0.6) is 0 Å².